The Morgan fingerprint density at radius 1 is 1.10 bits per heavy atom. The number of rotatable bonds is 4. The normalized spacial score (nSPS) is 15.7. The Hall–Kier alpha value is -2.43. The molecule has 1 saturated heterocycles. The minimum atomic E-state index is -3.91. The van der Waals surface area contributed by atoms with Gasteiger partial charge in [0.1, 0.15) is 16.3 Å². The molecular weight excluding hydrogens is 467 g/mol. The summed E-state index contributed by atoms with van der Waals surface area (Å²) < 4.78 is 46.7. The molecule has 0 saturated carbocycles. The molecule has 1 N–H and O–H groups in total. The van der Waals surface area contributed by atoms with E-state index in [4.69, 9.17) is 9.52 Å². The first-order valence-electron chi connectivity index (χ1n) is 8.74. The summed E-state index contributed by atoms with van der Waals surface area (Å²) in [6.07, 6.45) is 0. The number of benzene rings is 2. The van der Waals surface area contributed by atoms with Crippen LogP contribution in [0.2, 0.25) is 0 Å². The lowest BCUT2D eigenvalue weighted by Gasteiger charge is -2.35. The highest BCUT2D eigenvalue weighted by Crippen LogP contribution is 2.36. The van der Waals surface area contributed by atoms with Gasteiger partial charge in [0.05, 0.1) is 10.2 Å². The number of fused-ring (bicyclic) bond motifs is 1. The van der Waals surface area contributed by atoms with Crippen LogP contribution in [0.1, 0.15) is 10.6 Å². The standard InChI is InChI=1S/C19H16BrFN2O5S/c20-18-12-11-16(19(24)25)28-15(12)6-5-14(18)22-7-9-23(10-8-22)29(26,27)17-4-2-1-3-13(17)21/h1-6,11H,7-10H2,(H,24,25). The first-order valence-corrected chi connectivity index (χ1v) is 11.0. The van der Waals surface area contributed by atoms with E-state index in [0.29, 0.717) is 28.5 Å². The van der Waals surface area contributed by atoms with Crippen molar-refractivity contribution in [2.45, 2.75) is 4.90 Å². The van der Waals surface area contributed by atoms with Gasteiger partial charge in [0.2, 0.25) is 15.8 Å². The van der Waals surface area contributed by atoms with Gasteiger partial charge in [0, 0.05) is 37.6 Å². The summed E-state index contributed by atoms with van der Waals surface area (Å²) in [5, 5.41) is 9.73. The van der Waals surface area contributed by atoms with Crippen LogP contribution in [-0.2, 0) is 10.0 Å². The van der Waals surface area contributed by atoms with Crippen LogP contribution in [0, 0.1) is 5.82 Å². The SMILES string of the molecule is O=C(O)c1cc2c(Br)c(N3CCN(S(=O)(=O)c4ccccc4F)CC3)ccc2o1. The van der Waals surface area contributed by atoms with Gasteiger partial charge in [-0.1, -0.05) is 12.1 Å². The molecule has 0 amide bonds. The molecule has 2 aromatic carbocycles. The van der Waals surface area contributed by atoms with Crippen LogP contribution < -0.4 is 4.90 Å². The Morgan fingerprint density at radius 3 is 2.45 bits per heavy atom. The van der Waals surface area contributed by atoms with Gasteiger partial charge in [-0.25, -0.2) is 17.6 Å². The van der Waals surface area contributed by atoms with E-state index in [1.54, 1.807) is 12.1 Å². The van der Waals surface area contributed by atoms with Gasteiger partial charge < -0.3 is 14.4 Å². The van der Waals surface area contributed by atoms with E-state index in [2.05, 4.69) is 15.9 Å². The molecule has 0 aliphatic carbocycles. The predicted octanol–water partition coefficient (Wildman–Crippen LogP) is 3.54. The highest BCUT2D eigenvalue weighted by molar-refractivity contribution is 9.10. The van der Waals surface area contributed by atoms with Crippen molar-refractivity contribution in [2.24, 2.45) is 0 Å². The topological polar surface area (TPSA) is 91.1 Å². The number of hydrogen-bond acceptors (Lipinski definition) is 5. The van der Waals surface area contributed by atoms with Crippen molar-refractivity contribution in [1.29, 1.82) is 0 Å². The summed E-state index contributed by atoms with van der Waals surface area (Å²) in [5.74, 6) is -2.07. The van der Waals surface area contributed by atoms with E-state index < -0.39 is 21.8 Å². The largest absolute Gasteiger partial charge is 0.475 e. The molecule has 10 heteroatoms. The van der Waals surface area contributed by atoms with Crippen LogP contribution in [0.3, 0.4) is 0 Å². The molecule has 0 atom stereocenters. The van der Waals surface area contributed by atoms with Crippen molar-refractivity contribution in [2.75, 3.05) is 31.1 Å². The molecule has 152 valence electrons. The van der Waals surface area contributed by atoms with Gasteiger partial charge in [-0.05, 0) is 40.2 Å². The zero-order valence-corrected chi connectivity index (χ0v) is 17.4. The molecule has 1 aliphatic rings. The zero-order valence-electron chi connectivity index (χ0n) is 15.0. The van der Waals surface area contributed by atoms with E-state index in [1.165, 1.54) is 28.6 Å². The van der Waals surface area contributed by atoms with E-state index in [0.717, 1.165) is 11.8 Å². The quantitative estimate of drug-likeness (QED) is 0.611. The van der Waals surface area contributed by atoms with Gasteiger partial charge in [-0.15, -0.1) is 0 Å². The number of furan rings is 1. The fraction of sp³-hybridized carbons (Fsp3) is 0.211. The number of aromatic carboxylic acids is 1. The Morgan fingerprint density at radius 2 is 1.79 bits per heavy atom. The van der Waals surface area contributed by atoms with Crippen molar-refractivity contribution in [3.8, 4) is 0 Å². The lowest BCUT2D eigenvalue weighted by Crippen LogP contribution is -2.48. The predicted molar refractivity (Wildman–Crippen MR) is 108 cm³/mol. The number of hydrogen-bond donors (Lipinski definition) is 1. The van der Waals surface area contributed by atoms with E-state index in [9.17, 15) is 17.6 Å². The second-order valence-electron chi connectivity index (χ2n) is 6.55. The fourth-order valence-electron chi connectivity index (χ4n) is 3.38. The number of nitrogens with zero attached hydrogens (tertiary/aromatic N) is 2. The maximum atomic E-state index is 14.0. The minimum Gasteiger partial charge on any atom is -0.475 e. The van der Waals surface area contributed by atoms with Crippen LogP contribution in [0.5, 0.6) is 0 Å². The van der Waals surface area contributed by atoms with Crippen molar-refractivity contribution >= 4 is 48.6 Å². The number of sulfonamides is 1. The molecule has 0 bridgehead atoms. The van der Waals surface area contributed by atoms with Crippen LogP contribution >= 0.6 is 15.9 Å². The summed E-state index contributed by atoms with van der Waals surface area (Å²) in [4.78, 5) is 12.8. The summed E-state index contributed by atoms with van der Waals surface area (Å²) in [6, 6.07) is 10.3. The van der Waals surface area contributed by atoms with Crippen molar-refractivity contribution in [3.05, 3.63) is 58.5 Å². The van der Waals surface area contributed by atoms with Crippen LogP contribution in [0.15, 0.2) is 56.2 Å². The van der Waals surface area contributed by atoms with E-state index in [1.807, 2.05) is 4.90 Å². The second kappa shape index (κ2) is 7.43. The minimum absolute atomic E-state index is 0.154. The Labute approximate surface area is 174 Å². The van der Waals surface area contributed by atoms with E-state index in [-0.39, 0.29) is 23.7 Å². The van der Waals surface area contributed by atoms with Crippen LogP contribution in [0.4, 0.5) is 10.1 Å². The van der Waals surface area contributed by atoms with Gasteiger partial charge in [0.25, 0.3) is 0 Å². The lowest BCUT2D eigenvalue weighted by atomic mass is 10.2. The van der Waals surface area contributed by atoms with Crippen molar-refractivity contribution in [1.82, 2.24) is 4.31 Å². The third kappa shape index (κ3) is 3.52. The first-order chi connectivity index (χ1) is 13.8. The third-order valence-corrected chi connectivity index (χ3v) is 7.62. The fourth-order valence-corrected chi connectivity index (χ4v) is 5.56. The molecule has 4 rings (SSSR count). The summed E-state index contributed by atoms with van der Waals surface area (Å²) in [7, 11) is -3.91. The molecular formula is C19H16BrFN2O5S. The van der Waals surface area contributed by atoms with Crippen LogP contribution in [0.25, 0.3) is 11.0 Å². The Kier molecular flexibility index (Phi) is 5.09. The average molecular weight is 483 g/mol. The first kappa shape index (κ1) is 19.9. The molecule has 29 heavy (non-hydrogen) atoms. The summed E-state index contributed by atoms with van der Waals surface area (Å²) >= 11 is 3.50. The van der Waals surface area contributed by atoms with Crippen molar-refractivity contribution < 1.29 is 27.1 Å². The number of carboxylic acid groups (broad SMARTS) is 1. The van der Waals surface area contributed by atoms with Gasteiger partial charge in [-0.3, -0.25) is 0 Å². The molecule has 1 aromatic heterocycles. The molecule has 1 aliphatic heterocycles. The zero-order chi connectivity index (χ0) is 20.8. The third-order valence-electron chi connectivity index (χ3n) is 4.86. The number of anilines is 1. The number of carboxylic acids is 1. The second-order valence-corrected chi connectivity index (χ2v) is 9.25. The summed E-state index contributed by atoms with van der Waals surface area (Å²) in [6.45, 7) is 1.21. The maximum absolute atomic E-state index is 14.0. The molecule has 0 spiro atoms. The Bertz CT molecular complexity index is 1200. The summed E-state index contributed by atoms with van der Waals surface area (Å²) in [5.41, 5.74) is 1.25. The Balaban J connectivity index is 1.56. The number of halogens is 2. The maximum Gasteiger partial charge on any atom is 0.371 e. The highest BCUT2D eigenvalue weighted by Gasteiger charge is 2.31. The molecule has 0 radical (unpaired) electrons. The molecule has 0 unspecified atom stereocenters. The van der Waals surface area contributed by atoms with Gasteiger partial charge in [0.15, 0.2) is 0 Å². The number of piperazine rings is 1. The number of carbonyl (C=O) groups is 1. The molecule has 1 fully saturated rings. The molecule has 7 nitrogen and oxygen atoms in total. The van der Waals surface area contributed by atoms with Crippen molar-refractivity contribution in [3.63, 3.8) is 0 Å². The monoisotopic (exact) mass is 482 g/mol. The van der Waals surface area contributed by atoms with E-state index >= 15 is 0 Å². The van der Waals surface area contributed by atoms with Gasteiger partial charge >= 0.3 is 5.97 Å². The van der Waals surface area contributed by atoms with Crippen LogP contribution in [-0.4, -0.2) is 50.0 Å². The highest BCUT2D eigenvalue weighted by atomic mass is 79.9. The molecule has 3 aromatic rings. The smallest absolute Gasteiger partial charge is 0.371 e. The lowest BCUT2D eigenvalue weighted by molar-refractivity contribution is 0.0665. The average Bonchev–Trinajstić information content (AvgIpc) is 3.14. The van der Waals surface area contributed by atoms with Gasteiger partial charge in [-0.2, -0.15) is 4.31 Å². The molecule has 2 heterocycles.